The summed E-state index contributed by atoms with van der Waals surface area (Å²) in [4.78, 5) is 27.1. The Bertz CT molecular complexity index is 848. The van der Waals surface area contributed by atoms with Crippen LogP contribution in [0, 0.1) is 11.7 Å². The van der Waals surface area contributed by atoms with Crippen molar-refractivity contribution in [2.45, 2.75) is 53.1 Å². The molecule has 2 amide bonds. The number of hydrogen-bond acceptors (Lipinski definition) is 3. The molecular weight excluding hydrogens is 395 g/mol. The first-order valence-electron chi connectivity index (χ1n) is 10.7. The highest BCUT2D eigenvalue weighted by atomic mass is 19.1. The molecule has 0 heterocycles. The van der Waals surface area contributed by atoms with Crippen LogP contribution >= 0.6 is 0 Å². The number of nitrogens with one attached hydrogen (secondary N) is 1. The summed E-state index contributed by atoms with van der Waals surface area (Å²) >= 11 is 0. The van der Waals surface area contributed by atoms with Crippen LogP contribution in [0.5, 0.6) is 5.75 Å². The summed E-state index contributed by atoms with van der Waals surface area (Å²) in [5, 5.41) is 2.87. The van der Waals surface area contributed by atoms with Crippen molar-refractivity contribution in [3.63, 3.8) is 0 Å². The fraction of sp³-hybridized carbons (Fsp3) is 0.440. The Morgan fingerprint density at radius 1 is 0.968 bits per heavy atom. The molecule has 2 rings (SSSR count). The number of amides is 2. The third-order valence-electron chi connectivity index (χ3n) is 5.03. The zero-order valence-corrected chi connectivity index (χ0v) is 19.0. The SMILES string of the molecule is CC(C)CNC(=O)[C@H](C)N(Cc1ccc(F)cc1)C(=O)COc1ccc(C(C)C)cc1. The Hall–Kier alpha value is -2.89. The van der Waals surface area contributed by atoms with E-state index >= 15 is 0 Å². The average molecular weight is 429 g/mol. The molecule has 0 aliphatic heterocycles. The second-order valence-corrected chi connectivity index (χ2v) is 8.48. The Morgan fingerprint density at radius 2 is 1.58 bits per heavy atom. The molecule has 2 aromatic carbocycles. The van der Waals surface area contributed by atoms with E-state index in [0.717, 1.165) is 5.56 Å². The van der Waals surface area contributed by atoms with Gasteiger partial charge in [0.1, 0.15) is 17.6 Å². The molecule has 0 spiro atoms. The van der Waals surface area contributed by atoms with Crippen molar-refractivity contribution in [2.24, 2.45) is 5.92 Å². The van der Waals surface area contributed by atoms with E-state index in [1.165, 1.54) is 22.6 Å². The molecule has 0 fully saturated rings. The molecule has 0 saturated heterocycles. The number of ether oxygens (including phenoxy) is 1. The smallest absolute Gasteiger partial charge is 0.261 e. The summed E-state index contributed by atoms with van der Waals surface area (Å²) in [6, 6.07) is 12.8. The summed E-state index contributed by atoms with van der Waals surface area (Å²) in [6.45, 7) is 10.4. The molecule has 0 radical (unpaired) electrons. The van der Waals surface area contributed by atoms with Crippen LogP contribution in [0.1, 0.15) is 51.7 Å². The Morgan fingerprint density at radius 3 is 2.13 bits per heavy atom. The molecule has 2 aromatic rings. The van der Waals surface area contributed by atoms with E-state index in [1.54, 1.807) is 19.1 Å². The number of halogens is 1. The quantitative estimate of drug-likeness (QED) is 0.605. The van der Waals surface area contributed by atoms with E-state index < -0.39 is 6.04 Å². The summed E-state index contributed by atoms with van der Waals surface area (Å²) < 4.78 is 19.0. The second kappa shape index (κ2) is 11.5. The summed E-state index contributed by atoms with van der Waals surface area (Å²) in [6.07, 6.45) is 0. The zero-order valence-electron chi connectivity index (χ0n) is 19.0. The molecule has 0 bridgehead atoms. The molecule has 1 N–H and O–H groups in total. The molecule has 5 nitrogen and oxygen atoms in total. The van der Waals surface area contributed by atoms with Gasteiger partial charge in [0.15, 0.2) is 6.61 Å². The summed E-state index contributed by atoms with van der Waals surface area (Å²) in [5.74, 6) is 0.408. The lowest BCUT2D eigenvalue weighted by atomic mass is 10.0. The Balaban J connectivity index is 2.10. The minimum absolute atomic E-state index is 0.186. The molecule has 0 aromatic heterocycles. The van der Waals surface area contributed by atoms with E-state index in [0.29, 0.717) is 24.1 Å². The van der Waals surface area contributed by atoms with Crippen molar-refractivity contribution in [3.05, 3.63) is 65.5 Å². The minimum Gasteiger partial charge on any atom is -0.484 e. The topological polar surface area (TPSA) is 58.6 Å². The van der Waals surface area contributed by atoms with Crippen molar-refractivity contribution < 1.29 is 18.7 Å². The van der Waals surface area contributed by atoms with Gasteiger partial charge in [0, 0.05) is 13.1 Å². The van der Waals surface area contributed by atoms with E-state index in [-0.39, 0.29) is 30.8 Å². The predicted molar refractivity (Wildman–Crippen MR) is 120 cm³/mol. The van der Waals surface area contributed by atoms with Crippen molar-refractivity contribution in [1.29, 1.82) is 0 Å². The van der Waals surface area contributed by atoms with Crippen molar-refractivity contribution >= 4 is 11.8 Å². The highest BCUT2D eigenvalue weighted by molar-refractivity contribution is 5.87. The number of hydrogen-bond donors (Lipinski definition) is 1. The minimum atomic E-state index is -0.691. The molecule has 0 aliphatic rings. The van der Waals surface area contributed by atoms with Crippen LogP contribution in [0.2, 0.25) is 0 Å². The van der Waals surface area contributed by atoms with E-state index in [4.69, 9.17) is 4.74 Å². The van der Waals surface area contributed by atoms with Crippen LogP contribution in [0.25, 0.3) is 0 Å². The van der Waals surface area contributed by atoms with Gasteiger partial charge < -0.3 is 15.0 Å². The number of carbonyl (C=O) groups excluding carboxylic acids is 2. The standard InChI is InChI=1S/C25H33FN2O3/c1-17(2)14-27-25(30)19(5)28(15-20-6-10-22(26)11-7-20)24(29)16-31-23-12-8-21(9-13-23)18(3)4/h6-13,17-19H,14-16H2,1-5H3,(H,27,30)/t19-/m0/s1. The first-order chi connectivity index (χ1) is 14.7. The van der Waals surface area contributed by atoms with Gasteiger partial charge in [-0.25, -0.2) is 4.39 Å². The monoisotopic (exact) mass is 428 g/mol. The van der Waals surface area contributed by atoms with Crippen LogP contribution < -0.4 is 10.1 Å². The van der Waals surface area contributed by atoms with Crippen LogP contribution in [-0.2, 0) is 16.1 Å². The van der Waals surface area contributed by atoms with Gasteiger partial charge in [-0.2, -0.15) is 0 Å². The highest BCUT2D eigenvalue weighted by Crippen LogP contribution is 2.19. The zero-order chi connectivity index (χ0) is 23.0. The maximum Gasteiger partial charge on any atom is 0.261 e. The molecular formula is C25H33FN2O3. The Kier molecular flexibility index (Phi) is 9.03. The van der Waals surface area contributed by atoms with Gasteiger partial charge in [-0.3, -0.25) is 9.59 Å². The lowest BCUT2D eigenvalue weighted by Crippen LogP contribution is -2.49. The molecule has 0 saturated carbocycles. The first kappa shape index (κ1) is 24.4. The number of rotatable bonds is 10. The molecule has 1 atom stereocenters. The molecule has 31 heavy (non-hydrogen) atoms. The van der Waals surface area contributed by atoms with Crippen molar-refractivity contribution in [2.75, 3.05) is 13.2 Å². The van der Waals surface area contributed by atoms with E-state index in [2.05, 4.69) is 19.2 Å². The maximum absolute atomic E-state index is 13.3. The molecule has 0 aliphatic carbocycles. The van der Waals surface area contributed by atoms with Crippen LogP contribution in [0.15, 0.2) is 48.5 Å². The van der Waals surface area contributed by atoms with Crippen molar-refractivity contribution in [1.82, 2.24) is 10.2 Å². The number of nitrogens with zero attached hydrogens (tertiary/aromatic N) is 1. The normalized spacial score (nSPS) is 12.0. The van der Waals surface area contributed by atoms with Gasteiger partial charge in [0.25, 0.3) is 5.91 Å². The largest absolute Gasteiger partial charge is 0.484 e. The summed E-state index contributed by atoms with van der Waals surface area (Å²) in [7, 11) is 0. The molecule has 0 unspecified atom stereocenters. The van der Waals surface area contributed by atoms with Gasteiger partial charge in [-0.15, -0.1) is 0 Å². The fourth-order valence-electron chi connectivity index (χ4n) is 3.00. The van der Waals surface area contributed by atoms with Crippen LogP contribution in [-0.4, -0.2) is 35.9 Å². The third-order valence-corrected chi connectivity index (χ3v) is 5.03. The van der Waals surface area contributed by atoms with Gasteiger partial charge in [0.2, 0.25) is 5.91 Å². The van der Waals surface area contributed by atoms with Crippen molar-refractivity contribution in [3.8, 4) is 5.75 Å². The third kappa shape index (κ3) is 7.70. The lowest BCUT2D eigenvalue weighted by molar-refractivity contribution is -0.142. The lowest BCUT2D eigenvalue weighted by Gasteiger charge is -2.29. The number of carbonyl (C=O) groups is 2. The average Bonchev–Trinajstić information content (AvgIpc) is 2.75. The maximum atomic E-state index is 13.3. The predicted octanol–water partition coefficient (Wildman–Crippen LogP) is 4.52. The number of benzene rings is 2. The van der Waals surface area contributed by atoms with Crippen LogP contribution in [0.4, 0.5) is 4.39 Å². The van der Waals surface area contributed by atoms with E-state index in [9.17, 15) is 14.0 Å². The van der Waals surface area contributed by atoms with Crippen LogP contribution in [0.3, 0.4) is 0 Å². The Labute approximate surface area is 184 Å². The first-order valence-corrected chi connectivity index (χ1v) is 10.7. The van der Waals surface area contributed by atoms with E-state index in [1.807, 2.05) is 38.1 Å². The second-order valence-electron chi connectivity index (χ2n) is 8.48. The molecule has 6 heteroatoms. The van der Waals surface area contributed by atoms with Gasteiger partial charge in [0.05, 0.1) is 0 Å². The van der Waals surface area contributed by atoms with Gasteiger partial charge >= 0.3 is 0 Å². The van der Waals surface area contributed by atoms with Gasteiger partial charge in [-0.1, -0.05) is 52.0 Å². The fourth-order valence-corrected chi connectivity index (χ4v) is 3.00. The molecule has 168 valence electrons. The summed E-state index contributed by atoms with van der Waals surface area (Å²) in [5.41, 5.74) is 1.92. The van der Waals surface area contributed by atoms with Gasteiger partial charge in [-0.05, 0) is 54.2 Å². The highest BCUT2D eigenvalue weighted by Gasteiger charge is 2.26.